The first-order valence-electron chi connectivity index (χ1n) is 10.7. The molecule has 5 heteroatoms. The molecule has 0 fully saturated rings. The zero-order chi connectivity index (χ0) is 21.5. The largest absolute Gasteiger partial charge is 0.354 e. The van der Waals surface area contributed by atoms with Crippen LogP contribution in [0.5, 0.6) is 0 Å². The van der Waals surface area contributed by atoms with Gasteiger partial charge in [-0.15, -0.1) is 0 Å². The van der Waals surface area contributed by atoms with Gasteiger partial charge in [0.05, 0.1) is 23.8 Å². The van der Waals surface area contributed by atoms with Crippen LogP contribution in [0.15, 0.2) is 60.7 Å². The molecular formula is C25H32N4O. The molecule has 0 bridgehead atoms. The molecular weight excluding hydrogens is 372 g/mol. The number of aromatic nitrogens is 2. The van der Waals surface area contributed by atoms with Crippen molar-refractivity contribution < 1.29 is 4.79 Å². The maximum Gasteiger partial charge on any atom is 0.224 e. The van der Waals surface area contributed by atoms with Gasteiger partial charge in [0, 0.05) is 17.8 Å². The van der Waals surface area contributed by atoms with Gasteiger partial charge in [0.15, 0.2) is 0 Å². The summed E-state index contributed by atoms with van der Waals surface area (Å²) in [6.45, 7) is 10.8. The molecule has 3 aromatic rings. The number of amides is 1. The highest BCUT2D eigenvalue weighted by Gasteiger charge is 2.20. The van der Waals surface area contributed by atoms with Crippen molar-refractivity contribution >= 4 is 5.91 Å². The average Bonchev–Trinajstić information content (AvgIpc) is 3.06. The first kappa shape index (κ1) is 21.8. The lowest BCUT2D eigenvalue weighted by Gasteiger charge is -2.30. The van der Waals surface area contributed by atoms with E-state index in [0.717, 1.165) is 35.7 Å². The molecule has 1 heterocycles. The lowest BCUT2D eigenvalue weighted by atomic mass is 10.0. The minimum Gasteiger partial charge on any atom is -0.354 e. The molecule has 5 nitrogen and oxygen atoms in total. The van der Waals surface area contributed by atoms with E-state index in [4.69, 9.17) is 0 Å². The number of benzene rings is 2. The molecule has 1 amide bonds. The number of hydrogen-bond donors (Lipinski definition) is 1. The summed E-state index contributed by atoms with van der Waals surface area (Å²) in [5, 5.41) is 7.82. The molecule has 30 heavy (non-hydrogen) atoms. The number of aryl methyl sites for hydroxylation is 1. The number of carbonyl (C=O) groups is 1. The zero-order valence-electron chi connectivity index (χ0n) is 18.4. The lowest BCUT2D eigenvalue weighted by Crippen LogP contribution is -2.38. The Balaban J connectivity index is 1.71. The second-order valence-corrected chi connectivity index (χ2v) is 7.53. The Morgan fingerprint density at radius 2 is 1.60 bits per heavy atom. The van der Waals surface area contributed by atoms with Crippen molar-refractivity contribution in [3.63, 3.8) is 0 Å². The van der Waals surface area contributed by atoms with Gasteiger partial charge in [-0.05, 0) is 44.6 Å². The van der Waals surface area contributed by atoms with Gasteiger partial charge in [0.25, 0.3) is 0 Å². The molecule has 0 radical (unpaired) electrons. The van der Waals surface area contributed by atoms with Crippen molar-refractivity contribution in [2.75, 3.05) is 19.6 Å². The Morgan fingerprint density at radius 3 is 2.20 bits per heavy atom. The molecule has 0 aliphatic carbocycles. The Labute approximate surface area is 179 Å². The Kier molecular flexibility index (Phi) is 7.41. The van der Waals surface area contributed by atoms with Gasteiger partial charge in [-0.3, -0.25) is 9.69 Å². The van der Waals surface area contributed by atoms with Crippen molar-refractivity contribution in [1.29, 1.82) is 0 Å². The van der Waals surface area contributed by atoms with E-state index in [1.807, 2.05) is 54.9 Å². The first-order chi connectivity index (χ1) is 14.5. The number of rotatable bonds is 9. The third-order valence-electron chi connectivity index (χ3n) is 5.71. The van der Waals surface area contributed by atoms with E-state index >= 15 is 0 Å². The summed E-state index contributed by atoms with van der Waals surface area (Å²) in [5.41, 5.74) is 5.14. The van der Waals surface area contributed by atoms with E-state index in [9.17, 15) is 4.79 Å². The first-order valence-corrected chi connectivity index (χ1v) is 10.7. The van der Waals surface area contributed by atoms with Crippen LogP contribution in [0.1, 0.15) is 42.4 Å². The predicted octanol–water partition coefficient (Wildman–Crippen LogP) is 4.23. The van der Waals surface area contributed by atoms with Crippen LogP contribution in [0.25, 0.3) is 5.69 Å². The molecule has 0 saturated heterocycles. The molecule has 0 saturated carbocycles. The second-order valence-electron chi connectivity index (χ2n) is 7.53. The van der Waals surface area contributed by atoms with E-state index in [2.05, 4.69) is 53.4 Å². The van der Waals surface area contributed by atoms with Crippen molar-refractivity contribution in [1.82, 2.24) is 20.0 Å². The minimum atomic E-state index is 0.0295. The minimum absolute atomic E-state index is 0.0295. The molecule has 0 aliphatic heterocycles. The number of likely N-dealkylation sites (N-methyl/N-ethyl adjacent to an activating group) is 1. The Hall–Kier alpha value is -2.92. The average molecular weight is 405 g/mol. The maximum atomic E-state index is 12.8. The highest BCUT2D eigenvalue weighted by molar-refractivity contribution is 5.79. The van der Waals surface area contributed by atoms with Crippen LogP contribution in [0.4, 0.5) is 0 Å². The fourth-order valence-electron chi connectivity index (χ4n) is 3.98. The van der Waals surface area contributed by atoms with Crippen LogP contribution in [0.3, 0.4) is 0 Å². The number of hydrogen-bond acceptors (Lipinski definition) is 3. The van der Waals surface area contributed by atoms with Crippen LogP contribution in [0.2, 0.25) is 0 Å². The molecule has 3 rings (SSSR count). The van der Waals surface area contributed by atoms with Crippen LogP contribution in [0, 0.1) is 13.8 Å². The molecule has 0 spiro atoms. The maximum absolute atomic E-state index is 12.8. The summed E-state index contributed by atoms with van der Waals surface area (Å²) in [7, 11) is 0. The molecule has 0 aliphatic rings. The van der Waals surface area contributed by atoms with Gasteiger partial charge in [-0.2, -0.15) is 5.10 Å². The summed E-state index contributed by atoms with van der Waals surface area (Å²) < 4.78 is 1.92. The third-order valence-corrected chi connectivity index (χ3v) is 5.71. The second kappa shape index (κ2) is 10.2. The molecule has 158 valence electrons. The third kappa shape index (κ3) is 4.97. The van der Waals surface area contributed by atoms with Gasteiger partial charge >= 0.3 is 0 Å². The van der Waals surface area contributed by atoms with Gasteiger partial charge < -0.3 is 5.32 Å². The molecule has 2 aromatic carbocycles. The summed E-state index contributed by atoms with van der Waals surface area (Å²) >= 11 is 0. The van der Waals surface area contributed by atoms with Gasteiger partial charge in [-0.25, -0.2) is 4.68 Å². The van der Waals surface area contributed by atoms with Crippen molar-refractivity contribution in [2.24, 2.45) is 0 Å². The Bertz CT molecular complexity index is 946. The quantitative estimate of drug-likeness (QED) is 0.581. The summed E-state index contributed by atoms with van der Waals surface area (Å²) in [4.78, 5) is 15.2. The van der Waals surface area contributed by atoms with E-state index < -0.39 is 0 Å². The molecule has 1 N–H and O–H groups in total. The monoisotopic (exact) mass is 404 g/mol. The Morgan fingerprint density at radius 1 is 1.00 bits per heavy atom. The summed E-state index contributed by atoms with van der Waals surface area (Å²) in [6.07, 6.45) is 0.338. The number of para-hydroxylation sites is 1. The van der Waals surface area contributed by atoms with E-state index in [0.29, 0.717) is 13.0 Å². The number of nitrogens with zero attached hydrogens (tertiary/aromatic N) is 3. The standard InChI is InChI=1S/C25H32N4O/c1-5-28(6-2)24(21-13-9-7-10-14-21)18-26-25(30)17-23-19(3)27-29(20(23)4)22-15-11-8-12-16-22/h7-16,24H,5-6,17-18H2,1-4H3,(H,26,30)/t24-/m0/s1. The summed E-state index contributed by atoms with van der Waals surface area (Å²) in [5.74, 6) is 0.0295. The summed E-state index contributed by atoms with van der Waals surface area (Å²) in [6, 6.07) is 20.6. The van der Waals surface area contributed by atoms with Crippen LogP contribution < -0.4 is 5.32 Å². The SMILES string of the molecule is CCN(CC)[C@@H](CNC(=O)Cc1c(C)nn(-c2ccccc2)c1C)c1ccccc1. The van der Waals surface area contributed by atoms with Crippen LogP contribution in [-0.4, -0.2) is 40.2 Å². The van der Waals surface area contributed by atoms with Gasteiger partial charge in [-0.1, -0.05) is 62.4 Å². The molecule has 0 unspecified atom stereocenters. The van der Waals surface area contributed by atoms with Crippen molar-refractivity contribution in [3.8, 4) is 5.69 Å². The molecule has 1 atom stereocenters. The van der Waals surface area contributed by atoms with Crippen LogP contribution >= 0.6 is 0 Å². The van der Waals surface area contributed by atoms with Gasteiger partial charge in [0.1, 0.15) is 0 Å². The highest BCUT2D eigenvalue weighted by Crippen LogP contribution is 2.21. The highest BCUT2D eigenvalue weighted by atomic mass is 16.1. The fraction of sp³-hybridized carbons (Fsp3) is 0.360. The van der Waals surface area contributed by atoms with Gasteiger partial charge in [0.2, 0.25) is 5.91 Å². The normalized spacial score (nSPS) is 12.2. The lowest BCUT2D eigenvalue weighted by molar-refractivity contribution is -0.120. The van der Waals surface area contributed by atoms with Crippen LogP contribution in [-0.2, 0) is 11.2 Å². The van der Waals surface area contributed by atoms with E-state index in [1.165, 1.54) is 5.56 Å². The smallest absolute Gasteiger partial charge is 0.224 e. The van der Waals surface area contributed by atoms with E-state index in [1.54, 1.807) is 0 Å². The zero-order valence-corrected chi connectivity index (χ0v) is 18.4. The number of carbonyl (C=O) groups excluding carboxylic acids is 1. The topological polar surface area (TPSA) is 50.2 Å². The predicted molar refractivity (Wildman–Crippen MR) is 122 cm³/mol. The van der Waals surface area contributed by atoms with Crippen molar-refractivity contribution in [3.05, 3.63) is 83.2 Å². The fourth-order valence-corrected chi connectivity index (χ4v) is 3.98. The van der Waals surface area contributed by atoms with E-state index in [-0.39, 0.29) is 11.9 Å². The number of nitrogens with one attached hydrogen (secondary N) is 1. The van der Waals surface area contributed by atoms with Crippen molar-refractivity contribution in [2.45, 2.75) is 40.2 Å². The molecule has 1 aromatic heterocycles.